The summed E-state index contributed by atoms with van der Waals surface area (Å²) in [5, 5.41) is 4.49. The SMILES string of the molecule is CNCc1oc2ccccc2c1CN1CCC(C)(C)CC1. The van der Waals surface area contributed by atoms with Gasteiger partial charge in [-0.2, -0.15) is 0 Å². The van der Waals surface area contributed by atoms with E-state index in [0.29, 0.717) is 5.41 Å². The Balaban J connectivity index is 1.84. The van der Waals surface area contributed by atoms with Crippen LogP contribution in [0.1, 0.15) is 38.0 Å². The fraction of sp³-hybridized carbons (Fsp3) is 0.556. The zero-order valence-electron chi connectivity index (χ0n) is 13.4. The van der Waals surface area contributed by atoms with Gasteiger partial charge in [0.25, 0.3) is 0 Å². The number of furan rings is 1. The molecule has 21 heavy (non-hydrogen) atoms. The quantitative estimate of drug-likeness (QED) is 0.927. The van der Waals surface area contributed by atoms with Crippen molar-refractivity contribution in [1.29, 1.82) is 0 Å². The number of fused-ring (bicyclic) bond motifs is 1. The highest BCUT2D eigenvalue weighted by atomic mass is 16.3. The minimum Gasteiger partial charge on any atom is -0.459 e. The van der Waals surface area contributed by atoms with Crippen LogP contribution in [0.4, 0.5) is 0 Å². The van der Waals surface area contributed by atoms with Crippen LogP contribution in [-0.4, -0.2) is 25.0 Å². The van der Waals surface area contributed by atoms with Gasteiger partial charge in [-0.3, -0.25) is 4.90 Å². The second-order valence-electron chi connectivity index (χ2n) is 6.97. The van der Waals surface area contributed by atoms with Crippen molar-refractivity contribution >= 4 is 11.0 Å². The summed E-state index contributed by atoms with van der Waals surface area (Å²) >= 11 is 0. The number of benzene rings is 1. The molecule has 0 bridgehead atoms. The molecule has 0 spiro atoms. The number of nitrogens with zero attached hydrogens (tertiary/aromatic N) is 1. The van der Waals surface area contributed by atoms with Gasteiger partial charge in [-0.25, -0.2) is 0 Å². The maximum Gasteiger partial charge on any atom is 0.134 e. The van der Waals surface area contributed by atoms with Gasteiger partial charge in [0, 0.05) is 17.5 Å². The van der Waals surface area contributed by atoms with Crippen molar-refractivity contribution in [2.45, 2.75) is 39.8 Å². The summed E-state index contributed by atoms with van der Waals surface area (Å²) < 4.78 is 6.03. The summed E-state index contributed by atoms with van der Waals surface area (Å²) in [7, 11) is 1.97. The maximum atomic E-state index is 6.03. The number of nitrogens with one attached hydrogen (secondary N) is 1. The molecule has 1 aliphatic heterocycles. The van der Waals surface area contributed by atoms with E-state index >= 15 is 0 Å². The topological polar surface area (TPSA) is 28.4 Å². The van der Waals surface area contributed by atoms with Crippen LogP contribution < -0.4 is 5.32 Å². The molecule has 1 saturated heterocycles. The molecule has 0 radical (unpaired) electrons. The average Bonchev–Trinajstić information content (AvgIpc) is 2.80. The zero-order valence-corrected chi connectivity index (χ0v) is 13.4. The average molecular weight is 286 g/mol. The van der Waals surface area contributed by atoms with E-state index in [1.807, 2.05) is 13.1 Å². The lowest BCUT2D eigenvalue weighted by Gasteiger charge is -2.36. The molecule has 0 saturated carbocycles. The van der Waals surface area contributed by atoms with Gasteiger partial charge in [0.15, 0.2) is 0 Å². The van der Waals surface area contributed by atoms with Crippen LogP contribution in [0.3, 0.4) is 0 Å². The Hall–Kier alpha value is -1.32. The van der Waals surface area contributed by atoms with Crippen molar-refractivity contribution < 1.29 is 4.42 Å². The van der Waals surface area contributed by atoms with E-state index < -0.39 is 0 Å². The lowest BCUT2D eigenvalue weighted by Crippen LogP contribution is -2.37. The highest BCUT2D eigenvalue weighted by molar-refractivity contribution is 5.82. The summed E-state index contributed by atoms with van der Waals surface area (Å²) in [6.45, 7) is 8.93. The zero-order chi connectivity index (χ0) is 14.9. The summed E-state index contributed by atoms with van der Waals surface area (Å²) in [5.74, 6) is 1.09. The summed E-state index contributed by atoms with van der Waals surface area (Å²) in [4.78, 5) is 2.57. The Morgan fingerprint density at radius 3 is 2.62 bits per heavy atom. The smallest absolute Gasteiger partial charge is 0.134 e. The van der Waals surface area contributed by atoms with E-state index in [1.54, 1.807) is 0 Å². The molecule has 0 amide bonds. The molecule has 1 fully saturated rings. The first-order chi connectivity index (χ1) is 10.1. The molecule has 2 heterocycles. The molecule has 3 rings (SSSR count). The van der Waals surface area contributed by atoms with E-state index in [4.69, 9.17) is 4.42 Å². The third kappa shape index (κ3) is 3.14. The fourth-order valence-corrected chi connectivity index (χ4v) is 3.17. The van der Waals surface area contributed by atoms with Crippen molar-refractivity contribution in [3.8, 4) is 0 Å². The predicted octanol–water partition coefficient (Wildman–Crippen LogP) is 3.77. The minimum absolute atomic E-state index is 0.503. The van der Waals surface area contributed by atoms with Crippen LogP contribution in [0, 0.1) is 5.41 Å². The van der Waals surface area contributed by atoms with Gasteiger partial charge in [-0.1, -0.05) is 32.0 Å². The fourth-order valence-electron chi connectivity index (χ4n) is 3.17. The number of rotatable bonds is 4. The van der Waals surface area contributed by atoms with Gasteiger partial charge < -0.3 is 9.73 Å². The molecule has 2 aromatic rings. The summed E-state index contributed by atoms with van der Waals surface area (Å²) in [6, 6.07) is 8.39. The van der Waals surface area contributed by atoms with Gasteiger partial charge in [0.2, 0.25) is 0 Å². The van der Waals surface area contributed by atoms with E-state index in [1.165, 1.54) is 36.9 Å². The van der Waals surface area contributed by atoms with Gasteiger partial charge in [-0.15, -0.1) is 0 Å². The molecule has 114 valence electrons. The lowest BCUT2D eigenvalue weighted by molar-refractivity contribution is 0.127. The second-order valence-corrected chi connectivity index (χ2v) is 6.97. The molecule has 0 unspecified atom stereocenters. The number of likely N-dealkylation sites (tertiary alicyclic amines) is 1. The van der Waals surface area contributed by atoms with Crippen molar-refractivity contribution in [2.24, 2.45) is 5.41 Å². The Labute approximate surface area is 127 Å². The Morgan fingerprint density at radius 1 is 1.19 bits per heavy atom. The van der Waals surface area contributed by atoms with E-state index in [0.717, 1.165) is 24.4 Å². The first-order valence-corrected chi connectivity index (χ1v) is 7.95. The number of piperidine rings is 1. The number of hydrogen-bond acceptors (Lipinski definition) is 3. The first-order valence-electron chi connectivity index (χ1n) is 7.95. The van der Waals surface area contributed by atoms with Crippen molar-refractivity contribution in [1.82, 2.24) is 10.2 Å². The van der Waals surface area contributed by atoms with Crippen LogP contribution in [0.5, 0.6) is 0 Å². The van der Waals surface area contributed by atoms with E-state index in [-0.39, 0.29) is 0 Å². The summed E-state index contributed by atoms with van der Waals surface area (Å²) in [6.07, 6.45) is 2.56. The molecule has 1 aliphatic rings. The maximum absolute atomic E-state index is 6.03. The molecule has 3 nitrogen and oxygen atoms in total. The Kier molecular flexibility index (Phi) is 4.05. The lowest BCUT2D eigenvalue weighted by atomic mass is 9.82. The standard InChI is InChI=1S/C18H26N2O/c1-18(2)8-10-20(11-9-18)13-15-14-6-4-5-7-16(14)21-17(15)12-19-3/h4-7,19H,8-13H2,1-3H3. The highest BCUT2D eigenvalue weighted by Gasteiger charge is 2.26. The molecular weight excluding hydrogens is 260 g/mol. The van der Waals surface area contributed by atoms with Crippen LogP contribution in [0.15, 0.2) is 28.7 Å². The molecule has 1 N–H and O–H groups in total. The van der Waals surface area contributed by atoms with E-state index in [9.17, 15) is 0 Å². The Morgan fingerprint density at radius 2 is 1.90 bits per heavy atom. The van der Waals surface area contributed by atoms with Crippen molar-refractivity contribution in [3.05, 3.63) is 35.6 Å². The van der Waals surface area contributed by atoms with Crippen LogP contribution in [0.25, 0.3) is 11.0 Å². The van der Waals surface area contributed by atoms with Crippen molar-refractivity contribution in [2.75, 3.05) is 20.1 Å². The monoisotopic (exact) mass is 286 g/mol. The third-order valence-corrected chi connectivity index (χ3v) is 4.71. The molecular formula is C18H26N2O. The van der Waals surface area contributed by atoms with E-state index in [2.05, 4.69) is 42.3 Å². The largest absolute Gasteiger partial charge is 0.459 e. The molecule has 1 aromatic heterocycles. The predicted molar refractivity (Wildman–Crippen MR) is 87.3 cm³/mol. The Bertz CT molecular complexity index is 605. The third-order valence-electron chi connectivity index (χ3n) is 4.71. The molecule has 1 aromatic carbocycles. The number of para-hydroxylation sites is 1. The van der Waals surface area contributed by atoms with Gasteiger partial charge in [0.1, 0.15) is 11.3 Å². The summed E-state index contributed by atoms with van der Waals surface area (Å²) in [5.41, 5.74) is 2.87. The van der Waals surface area contributed by atoms with Gasteiger partial charge >= 0.3 is 0 Å². The van der Waals surface area contributed by atoms with Crippen LogP contribution >= 0.6 is 0 Å². The minimum atomic E-state index is 0.503. The van der Waals surface area contributed by atoms with Crippen LogP contribution in [-0.2, 0) is 13.1 Å². The normalized spacial score (nSPS) is 19.2. The van der Waals surface area contributed by atoms with Crippen LogP contribution in [0.2, 0.25) is 0 Å². The van der Waals surface area contributed by atoms with Gasteiger partial charge in [0.05, 0.1) is 6.54 Å². The number of hydrogen-bond donors (Lipinski definition) is 1. The van der Waals surface area contributed by atoms with Gasteiger partial charge in [-0.05, 0) is 44.5 Å². The second kappa shape index (κ2) is 5.82. The highest BCUT2D eigenvalue weighted by Crippen LogP contribution is 2.32. The molecule has 0 atom stereocenters. The molecule has 0 aliphatic carbocycles. The van der Waals surface area contributed by atoms with Crippen molar-refractivity contribution in [3.63, 3.8) is 0 Å². The molecule has 3 heteroatoms. The first kappa shape index (κ1) is 14.6.